The minimum atomic E-state index is -3.66. The van der Waals surface area contributed by atoms with E-state index in [-0.39, 0.29) is 23.9 Å². The number of hydrogen-bond donors (Lipinski definition) is 2. The van der Waals surface area contributed by atoms with Crippen molar-refractivity contribution in [3.8, 4) is 0 Å². The molecule has 1 heterocycles. The van der Waals surface area contributed by atoms with Crippen molar-refractivity contribution in [1.82, 2.24) is 9.62 Å². The minimum Gasteiger partial charge on any atom is -0.370 e. The van der Waals surface area contributed by atoms with E-state index >= 15 is 0 Å². The number of hydrogen-bond acceptors (Lipinski definition) is 4. The molecule has 1 aliphatic rings. The number of nitrogens with zero attached hydrogens (tertiary/aromatic N) is 1. The van der Waals surface area contributed by atoms with Gasteiger partial charge in [0, 0.05) is 19.5 Å². The first kappa shape index (κ1) is 20.8. The van der Waals surface area contributed by atoms with Crippen molar-refractivity contribution in [2.45, 2.75) is 25.2 Å². The standard InChI is InChI=1S/C18H29N3O4S/c1-3-21(26(23,24)17-7-5-16(2)6-8-17)15-18(22)19-9-4-10-20-11-13-25-14-12-20/h5-8H,3-4,9-15H2,1-2H3,(H,19,22)/p+1. The molecule has 0 spiro atoms. The molecule has 146 valence electrons. The highest BCUT2D eigenvalue weighted by Gasteiger charge is 2.25. The predicted octanol–water partition coefficient (Wildman–Crippen LogP) is -0.573. The molecule has 1 aromatic rings. The fourth-order valence-corrected chi connectivity index (χ4v) is 4.32. The summed E-state index contributed by atoms with van der Waals surface area (Å²) in [5, 5.41) is 2.83. The van der Waals surface area contributed by atoms with Crippen molar-refractivity contribution < 1.29 is 22.8 Å². The Morgan fingerprint density at radius 2 is 1.88 bits per heavy atom. The maximum atomic E-state index is 12.7. The predicted molar refractivity (Wildman–Crippen MR) is 99.6 cm³/mol. The lowest BCUT2D eigenvalue weighted by Crippen LogP contribution is -3.14. The van der Waals surface area contributed by atoms with Crippen molar-refractivity contribution >= 4 is 15.9 Å². The second-order valence-electron chi connectivity index (χ2n) is 6.56. The van der Waals surface area contributed by atoms with Crippen molar-refractivity contribution in [1.29, 1.82) is 0 Å². The lowest BCUT2D eigenvalue weighted by Gasteiger charge is -2.23. The Kier molecular flexibility index (Phi) is 8.02. The highest BCUT2D eigenvalue weighted by atomic mass is 32.2. The lowest BCUT2D eigenvalue weighted by atomic mass is 10.2. The van der Waals surface area contributed by atoms with Gasteiger partial charge in [-0.25, -0.2) is 8.42 Å². The Morgan fingerprint density at radius 3 is 2.50 bits per heavy atom. The number of benzene rings is 1. The van der Waals surface area contributed by atoms with Gasteiger partial charge in [-0.1, -0.05) is 24.6 Å². The zero-order chi connectivity index (χ0) is 19.0. The summed E-state index contributed by atoms with van der Waals surface area (Å²) in [6.07, 6.45) is 0.873. The van der Waals surface area contributed by atoms with Crippen LogP contribution < -0.4 is 10.2 Å². The molecule has 26 heavy (non-hydrogen) atoms. The molecule has 0 bridgehead atoms. The average molecular weight is 385 g/mol. The Bertz CT molecular complexity index is 670. The Labute approximate surface area is 156 Å². The van der Waals surface area contributed by atoms with Gasteiger partial charge >= 0.3 is 0 Å². The summed E-state index contributed by atoms with van der Waals surface area (Å²) in [4.78, 5) is 13.9. The molecule has 8 heteroatoms. The monoisotopic (exact) mass is 384 g/mol. The van der Waals surface area contributed by atoms with E-state index in [0.717, 1.165) is 44.8 Å². The second-order valence-corrected chi connectivity index (χ2v) is 8.50. The zero-order valence-corrected chi connectivity index (χ0v) is 16.5. The van der Waals surface area contributed by atoms with Crippen LogP contribution in [0.5, 0.6) is 0 Å². The summed E-state index contributed by atoms with van der Waals surface area (Å²) in [5.74, 6) is -0.264. The molecule has 0 radical (unpaired) electrons. The fraction of sp³-hybridized carbons (Fsp3) is 0.611. The van der Waals surface area contributed by atoms with Crippen LogP contribution in [0.1, 0.15) is 18.9 Å². The summed E-state index contributed by atoms with van der Waals surface area (Å²) >= 11 is 0. The van der Waals surface area contributed by atoms with Crippen LogP contribution in [0.4, 0.5) is 0 Å². The van der Waals surface area contributed by atoms with Gasteiger partial charge in [0.25, 0.3) is 0 Å². The molecule has 1 amide bonds. The number of sulfonamides is 1. The summed E-state index contributed by atoms with van der Waals surface area (Å²) < 4.78 is 31.9. The van der Waals surface area contributed by atoms with Crippen LogP contribution in [0.25, 0.3) is 0 Å². The Hall–Kier alpha value is -1.48. The molecule has 7 nitrogen and oxygen atoms in total. The van der Waals surface area contributed by atoms with E-state index in [2.05, 4.69) is 5.32 Å². The van der Waals surface area contributed by atoms with Crippen LogP contribution in [0.15, 0.2) is 29.2 Å². The van der Waals surface area contributed by atoms with Crippen LogP contribution in [-0.4, -0.2) is 71.1 Å². The van der Waals surface area contributed by atoms with Crippen LogP contribution in [-0.2, 0) is 19.6 Å². The fourth-order valence-electron chi connectivity index (χ4n) is 2.92. The largest absolute Gasteiger partial charge is 0.370 e. The quantitative estimate of drug-likeness (QED) is 0.559. The smallest absolute Gasteiger partial charge is 0.243 e. The number of carbonyl (C=O) groups excluding carboxylic acids is 1. The van der Waals surface area contributed by atoms with E-state index in [1.165, 1.54) is 9.21 Å². The van der Waals surface area contributed by atoms with Gasteiger partial charge in [0.15, 0.2) is 0 Å². The molecule has 0 atom stereocenters. The summed E-state index contributed by atoms with van der Waals surface area (Å²) in [6, 6.07) is 6.68. The normalized spacial score (nSPS) is 16.0. The van der Waals surface area contributed by atoms with Gasteiger partial charge in [-0.15, -0.1) is 0 Å². The van der Waals surface area contributed by atoms with Crippen LogP contribution in [0.3, 0.4) is 0 Å². The average Bonchev–Trinajstić information content (AvgIpc) is 2.64. The van der Waals surface area contributed by atoms with Crippen molar-refractivity contribution in [3.05, 3.63) is 29.8 Å². The number of morpholine rings is 1. The number of nitrogens with one attached hydrogen (secondary N) is 2. The number of ether oxygens (including phenoxy) is 1. The maximum absolute atomic E-state index is 12.7. The number of quaternary nitrogens is 1. The summed E-state index contributed by atoms with van der Waals surface area (Å²) in [7, 11) is -3.66. The molecule has 1 fully saturated rings. The van der Waals surface area contributed by atoms with Gasteiger partial charge in [0.2, 0.25) is 15.9 Å². The molecule has 2 rings (SSSR count). The molecule has 0 saturated carbocycles. The molecule has 1 aliphatic heterocycles. The van der Waals surface area contributed by atoms with Crippen LogP contribution in [0.2, 0.25) is 0 Å². The van der Waals surface area contributed by atoms with Gasteiger partial charge in [0.1, 0.15) is 13.1 Å². The second kappa shape index (κ2) is 10.0. The SMILES string of the molecule is CCN(CC(=O)NCCC[NH+]1CCOCC1)S(=O)(=O)c1ccc(C)cc1. The number of aryl methyl sites for hydroxylation is 1. The zero-order valence-electron chi connectivity index (χ0n) is 15.7. The van der Waals surface area contributed by atoms with Crippen LogP contribution in [0, 0.1) is 6.92 Å². The van der Waals surface area contributed by atoms with Gasteiger partial charge in [-0.3, -0.25) is 4.79 Å². The van der Waals surface area contributed by atoms with Crippen LogP contribution >= 0.6 is 0 Å². The van der Waals surface area contributed by atoms with E-state index < -0.39 is 10.0 Å². The molecule has 0 unspecified atom stereocenters. The number of rotatable bonds is 9. The highest BCUT2D eigenvalue weighted by Crippen LogP contribution is 2.15. The van der Waals surface area contributed by atoms with E-state index in [0.29, 0.717) is 6.54 Å². The van der Waals surface area contributed by atoms with E-state index in [1.807, 2.05) is 6.92 Å². The summed E-state index contributed by atoms with van der Waals surface area (Å²) in [5.41, 5.74) is 0.993. The first-order valence-electron chi connectivity index (χ1n) is 9.18. The van der Waals surface area contributed by atoms with Gasteiger partial charge in [0.05, 0.1) is 31.2 Å². The number of carbonyl (C=O) groups is 1. The summed E-state index contributed by atoms with van der Waals surface area (Å²) in [6.45, 7) is 8.89. The third-order valence-electron chi connectivity index (χ3n) is 4.56. The van der Waals surface area contributed by atoms with Crippen molar-refractivity contribution in [2.24, 2.45) is 0 Å². The van der Waals surface area contributed by atoms with E-state index in [4.69, 9.17) is 4.74 Å². The topological polar surface area (TPSA) is 80.2 Å². The number of amides is 1. The molecule has 1 saturated heterocycles. The molecule has 0 aromatic heterocycles. The maximum Gasteiger partial charge on any atom is 0.243 e. The Morgan fingerprint density at radius 1 is 1.23 bits per heavy atom. The molecule has 1 aromatic carbocycles. The molecule has 2 N–H and O–H groups in total. The number of likely N-dealkylation sites (N-methyl/N-ethyl adjacent to an activating group) is 1. The minimum absolute atomic E-state index is 0.156. The third kappa shape index (κ3) is 6.05. The van der Waals surface area contributed by atoms with Crippen molar-refractivity contribution in [2.75, 3.05) is 52.5 Å². The van der Waals surface area contributed by atoms with Gasteiger partial charge in [-0.05, 0) is 19.1 Å². The van der Waals surface area contributed by atoms with Gasteiger partial charge in [-0.2, -0.15) is 4.31 Å². The third-order valence-corrected chi connectivity index (χ3v) is 6.50. The van der Waals surface area contributed by atoms with E-state index in [9.17, 15) is 13.2 Å². The van der Waals surface area contributed by atoms with E-state index in [1.54, 1.807) is 31.2 Å². The first-order chi connectivity index (χ1) is 12.4. The molecular formula is C18H30N3O4S+. The lowest BCUT2D eigenvalue weighted by molar-refractivity contribution is -0.908. The Balaban J connectivity index is 1.80. The van der Waals surface area contributed by atoms with Crippen molar-refractivity contribution in [3.63, 3.8) is 0 Å². The first-order valence-corrected chi connectivity index (χ1v) is 10.6. The highest BCUT2D eigenvalue weighted by molar-refractivity contribution is 7.89. The molecule has 0 aliphatic carbocycles. The molecular weight excluding hydrogens is 354 g/mol. The van der Waals surface area contributed by atoms with Gasteiger partial charge < -0.3 is 15.0 Å².